The van der Waals surface area contributed by atoms with E-state index in [1.807, 2.05) is 0 Å². The monoisotopic (exact) mass is 449 g/mol. The van der Waals surface area contributed by atoms with Gasteiger partial charge in [0.2, 0.25) is 10.0 Å². The minimum atomic E-state index is -3.95. The Balaban J connectivity index is 0.000000416. The first kappa shape index (κ1) is 23.9. The Morgan fingerprint density at radius 2 is 1.89 bits per heavy atom. The number of amidine groups is 1. The van der Waals surface area contributed by atoms with E-state index in [0.717, 1.165) is 0 Å². The van der Waals surface area contributed by atoms with Crippen molar-refractivity contribution in [1.82, 2.24) is 4.90 Å². The Bertz CT molecular complexity index is 918. The molecule has 1 aliphatic rings. The fraction of sp³-hybridized carbons (Fsp3) is 0.267. The molecule has 1 fully saturated rings. The highest BCUT2D eigenvalue weighted by Gasteiger charge is 2.42. The fourth-order valence-electron chi connectivity index (χ4n) is 2.12. The molecule has 1 aromatic rings. The molecule has 1 unspecified atom stereocenters. The van der Waals surface area contributed by atoms with Gasteiger partial charge in [-0.2, -0.15) is 0 Å². The summed E-state index contributed by atoms with van der Waals surface area (Å²) in [4.78, 5) is 24.3. The first-order valence-electron chi connectivity index (χ1n) is 7.31. The third kappa shape index (κ3) is 5.94. The number of sulfonamides is 1. The summed E-state index contributed by atoms with van der Waals surface area (Å²) in [5.41, 5.74) is -0.941. The predicted octanol–water partition coefficient (Wildman–Crippen LogP) is -2.16. The maximum atomic E-state index is 11.5. The predicted molar refractivity (Wildman–Crippen MR) is 99.5 cm³/mol. The Kier molecular flexibility index (Phi) is 8.02. The summed E-state index contributed by atoms with van der Waals surface area (Å²) in [6.07, 6.45) is 0.769. The summed E-state index contributed by atoms with van der Waals surface area (Å²) in [5, 5.41) is 35.4. The van der Waals surface area contributed by atoms with Crippen LogP contribution in [0.3, 0.4) is 0 Å². The fourth-order valence-corrected chi connectivity index (χ4v) is 4.35. The molecule has 10 nitrogen and oxygen atoms in total. The zero-order chi connectivity index (χ0) is 21.7. The molecule has 1 aromatic carbocycles. The number of nitrogens with zero attached hydrogens (tertiary/aromatic N) is 2. The Labute approximate surface area is 170 Å². The molecule has 0 amide bonds. The normalized spacial score (nSPS) is 20.9. The molecule has 3 N–H and O–H groups in total. The average Bonchev–Trinajstić information content (AvgIpc) is 2.88. The zero-order valence-corrected chi connectivity index (χ0v) is 17.0. The average molecular weight is 450 g/mol. The van der Waals surface area contributed by atoms with E-state index < -0.39 is 27.7 Å². The van der Waals surface area contributed by atoms with Gasteiger partial charge in [-0.1, -0.05) is 29.4 Å². The number of primary sulfonamides is 1. The van der Waals surface area contributed by atoms with Crippen molar-refractivity contribution in [1.29, 1.82) is 0 Å². The number of thioether (sulfide) groups is 1. The number of benzene rings is 1. The van der Waals surface area contributed by atoms with Crippen LogP contribution in [-0.4, -0.2) is 55.4 Å². The second-order valence-electron chi connectivity index (χ2n) is 5.33. The van der Waals surface area contributed by atoms with E-state index in [1.165, 1.54) is 23.9 Å². The van der Waals surface area contributed by atoms with E-state index in [9.17, 15) is 33.3 Å². The van der Waals surface area contributed by atoms with Crippen LogP contribution in [0.5, 0.6) is 0 Å². The van der Waals surface area contributed by atoms with Crippen LogP contribution in [0.4, 0.5) is 0 Å². The number of aliphatic imine (C=N–C) groups is 1. The third-order valence-corrected chi connectivity index (χ3v) is 6.15. The van der Waals surface area contributed by atoms with Gasteiger partial charge in [0.25, 0.3) is 0 Å². The van der Waals surface area contributed by atoms with Crippen molar-refractivity contribution < 1.29 is 33.3 Å². The van der Waals surface area contributed by atoms with Gasteiger partial charge in [-0.3, -0.25) is 4.99 Å². The van der Waals surface area contributed by atoms with Crippen molar-refractivity contribution in [2.75, 3.05) is 19.8 Å². The summed E-state index contributed by atoms with van der Waals surface area (Å²) >= 11 is 7.22. The SMILES string of the molecule is CN=C1SCC(O)(c2ccc(Cl)c(S(N)(=O)=O)c2)N1C.O=C([O-])/C=C\C(=O)[O-]. The lowest BCUT2D eigenvalue weighted by molar-refractivity contribution is -0.301. The molecule has 28 heavy (non-hydrogen) atoms. The molecule has 0 bridgehead atoms. The molecule has 0 spiro atoms. The lowest BCUT2D eigenvalue weighted by Gasteiger charge is -2.31. The van der Waals surface area contributed by atoms with Gasteiger partial charge in [-0.25, -0.2) is 13.6 Å². The minimum absolute atomic E-state index is 0.0255. The van der Waals surface area contributed by atoms with Crippen LogP contribution >= 0.6 is 23.4 Å². The Hall–Kier alpha value is -2.12. The van der Waals surface area contributed by atoms with Crippen molar-refractivity contribution in [2.45, 2.75) is 10.6 Å². The van der Waals surface area contributed by atoms with Gasteiger partial charge >= 0.3 is 0 Å². The number of carboxylic acid groups (broad SMARTS) is 2. The number of aliphatic hydroxyl groups is 1. The number of carboxylic acids is 2. The lowest BCUT2D eigenvalue weighted by atomic mass is 10.0. The van der Waals surface area contributed by atoms with Crippen molar-refractivity contribution >= 4 is 50.5 Å². The van der Waals surface area contributed by atoms with Gasteiger partial charge in [-0.05, 0) is 24.3 Å². The van der Waals surface area contributed by atoms with E-state index in [4.69, 9.17) is 16.7 Å². The van der Waals surface area contributed by atoms with Crippen LogP contribution in [0, 0.1) is 0 Å². The number of hydrogen-bond acceptors (Lipinski definition) is 9. The van der Waals surface area contributed by atoms with Crippen LogP contribution in [0.2, 0.25) is 5.02 Å². The largest absolute Gasteiger partial charge is 0.545 e. The standard InChI is InChI=1S/C11H14ClN3O3S2.C4H4O4/c1-14-10-15(2)11(16,6-19-10)7-3-4-8(12)9(5-7)20(13,17)18;5-3(6)1-2-4(7)8/h3-5,16H,6H2,1-2H3,(H2,13,17,18);1-2H,(H,5,6)(H,7,8)/p-2/b;2-1-. The minimum Gasteiger partial charge on any atom is -0.545 e. The van der Waals surface area contributed by atoms with Crippen molar-refractivity contribution in [3.05, 3.63) is 40.9 Å². The molecule has 0 aromatic heterocycles. The Morgan fingerprint density at radius 3 is 2.29 bits per heavy atom. The number of hydrogen-bond donors (Lipinski definition) is 2. The molecular formula is C15H16ClN3O7S2-2. The Morgan fingerprint density at radius 1 is 1.36 bits per heavy atom. The van der Waals surface area contributed by atoms with Crippen LogP contribution in [0.15, 0.2) is 40.2 Å². The molecule has 13 heteroatoms. The molecule has 1 saturated heterocycles. The smallest absolute Gasteiger partial charge is 0.239 e. The van der Waals surface area contributed by atoms with Gasteiger partial charge in [0, 0.05) is 19.7 Å². The molecule has 0 saturated carbocycles. The van der Waals surface area contributed by atoms with Gasteiger partial charge in [0.15, 0.2) is 10.9 Å². The molecular weight excluding hydrogens is 434 g/mol. The molecule has 1 atom stereocenters. The van der Waals surface area contributed by atoms with Crippen LogP contribution < -0.4 is 15.4 Å². The van der Waals surface area contributed by atoms with Gasteiger partial charge < -0.3 is 29.8 Å². The summed E-state index contributed by atoms with van der Waals surface area (Å²) in [6, 6.07) is 4.29. The van der Waals surface area contributed by atoms with Crippen LogP contribution in [0.1, 0.15) is 5.56 Å². The second kappa shape index (κ2) is 9.39. The summed E-state index contributed by atoms with van der Waals surface area (Å²) < 4.78 is 23.0. The van der Waals surface area contributed by atoms with E-state index in [2.05, 4.69) is 4.99 Å². The highest BCUT2D eigenvalue weighted by Crippen LogP contribution is 2.39. The van der Waals surface area contributed by atoms with Crippen LogP contribution in [0.25, 0.3) is 0 Å². The second-order valence-corrected chi connectivity index (χ2v) is 8.21. The molecule has 1 heterocycles. The number of carbonyl (C=O) groups excluding carboxylic acids is 2. The van der Waals surface area contributed by atoms with Crippen molar-refractivity contribution in [3.63, 3.8) is 0 Å². The molecule has 0 radical (unpaired) electrons. The molecule has 0 aliphatic carbocycles. The maximum Gasteiger partial charge on any atom is 0.239 e. The van der Waals surface area contributed by atoms with Gasteiger partial charge in [0.05, 0.1) is 22.7 Å². The van der Waals surface area contributed by atoms with Gasteiger partial charge in [0.1, 0.15) is 4.90 Å². The number of halogens is 1. The van der Waals surface area contributed by atoms with Gasteiger partial charge in [-0.15, -0.1) is 0 Å². The highest BCUT2D eigenvalue weighted by molar-refractivity contribution is 8.14. The molecule has 2 rings (SSSR count). The number of nitrogens with two attached hydrogens (primary N) is 1. The van der Waals surface area contributed by atoms with E-state index in [-0.39, 0.29) is 9.92 Å². The first-order valence-corrected chi connectivity index (χ1v) is 10.2. The zero-order valence-electron chi connectivity index (χ0n) is 14.7. The summed E-state index contributed by atoms with van der Waals surface area (Å²) in [6.45, 7) is 0. The van der Waals surface area contributed by atoms with E-state index >= 15 is 0 Å². The lowest BCUT2D eigenvalue weighted by Crippen LogP contribution is -2.42. The van der Waals surface area contributed by atoms with Crippen molar-refractivity contribution in [2.24, 2.45) is 10.1 Å². The van der Waals surface area contributed by atoms with Crippen LogP contribution in [-0.2, 0) is 25.3 Å². The number of aliphatic carboxylic acids is 2. The highest BCUT2D eigenvalue weighted by atomic mass is 35.5. The van der Waals surface area contributed by atoms with Crippen molar-refractivity contribution in [3.8, 4) is 0 Å². The summed E-state index contributed by atoms with van der Waals surface area (Å²) in [5.74, 6) is -2.76. The third-order valence-electron chi connectivity index (χ3n) is 3.49. The molecule has 1 aliphatic heterocycles. The topological polar surface area (TPSA) is 176 Å². The van der Waals surface area contributed by atoms with E-state index in [0.29, 0.717) is 28.6 Å². The maximum absolute atomic E-state index is 11.5. The number of carbonyl (C=O) groups is 2. The number of rotatable bonds is 4. The van der Waals surface area contributed by atoms with E-state index in [1.54, 1.807) is 25.1 Å². The quantitative estimate of drug-likeness (QED) is 0.484. The molecule has 154 valence electrons. The summed E-state index contributed by atoms with van der Waals surface area (Å²) in [7, 11) is -0.632. The first-order chi connectivity index (χ1) is 12.8.